The van der Waals surface area contributed by atoms with Gasteiger partial charge in [-0.15, -0.1) is 0 Å². The number of amides is 2. The molecule has 2 fully saturated rings. The van der Waals surface area contributed by atoms with Crippen molar-refractivity contribution in [3.8, 4) is 5.82 Å². The number of piperidine rings is 2. The lowest BCUT2D eigenvalue weighted by molar-refractivity contribution is -0.138. The van der Waals surface area contributed by atoms with Crippen LogP contribution >= 0.6 is 0 Å². The zero-order valence-corrected chi connectivity index (χ0v) is 18.5. The molecule has 2 saturated heterocycles. The Morgan fingerprint density at radius 3 is 2.40 bits per heavy atom. The Morgan fingerprint density at radius 1 is 1.03 bits per heavy atom. The minimum Gasteiger partial charge on any atom is -0.360 e. The predicted octanol–water partition coefficient (Wildman–Crippen LogP) is 3.50. The van der Waals surface area contributed by atoms with E-state index >= 15 is 0 Å². The zero-order chi connectivity index (χ0) is 21.4. The molecule has 2 aromatic heterocycles. The first-order valence-electron chi connectivity index (χ1n) is 11.1. The van der Waals surface area contributed by atoms with Crippen molar-refractivity contribution >= 4 is 11.8 Å². The third kappa shape index (κ3) is 3.89. The van der Waals surface area contributed by atoms with Gasteiger partial charge in [0.25, 0.3) is 5.91 Å². The number of aryl methyl sites for hydroxylation is 2. The molecule has 4 heterocycles. The lowest BCUT2D eigenvalue weighted by Crippen LogP contribution is -2.47. The fourth-order valence-electron chi connectivity index (χ4n) is 4.94. The van der Waals surface area contributed by atoms with Crippen LogP contribution in [0.15, 0.2) is 16.7 Å². The molecule has 7 nitrogen and oxygen atoms in total. The van der Waals surface area contributed by atoms with E-state index < -0.39 is 0 Å². The molecule has 2 aromatic rings. The van der Waals surface area contributed by atoms with E-state index in [0.717, 1.165) is 49.5 Å². The fourth-order valence-corrected chi connectivity index (χ4v) is 4.94. The van der Waals surface area contributed by atoms with Crippen LogP contribution in [0.1, 0.15) is 60.1 Å². The van der Waals surface area contributed by atoms with Gasteiger partial charge in [-0.1, -0.05) is 12.1 Å². The highest BCUT2D eigenvalue weighted by Crippen LogP contribution is 2.26. The molecule has 0 N–H and O–H groups in total. The Kier molecular flexibility index (Phi) is 5.71. The molecule has 4 rings (SSSR count). The number of hydrogen-bond acceptors (Lipinski definition) is 4. The Bertz CT molecular complexity index is 936. The van der Waals surface area contributed by atoms with Crippen LogP contribution in [0.25, 0.3) is 5.82 Å². The molecule has 2 aliphatic rings. The molecule has 0 aromatic carbocycles. The molecule has 1 unspecified atom stereocenters. The quantitative estimate of drug-likeness (QED) is 0.774. The van der Waals surface area contributed by atoms with Crippen LogP contribution in [0.2, 0.25) is 0 Å². The molecule has 0 bridgehead atoms. The second-order valence-electron chi connectivity index (χ2n) is 9.01. The van der Waals surface area contributed by atoms with E-state index in [1.165, 1.54) is 6.42 Å². The molecule has 2 amide bonds. The summed E-state index contributed by atoms with van der Waals surface area (Å²) in [4.78, 5) is 30.1. The van der Waals surface area contributed by atoms with E-state index in [2.05, 4.69) is 12.1 Å². The van der Waals surface area contributed by atoms with Crippen molar-refractivity contribution in [2.24, 2.45) is 11.8 Å². The molecule has 2 aliphatic heterocycles. The van der Waals surface area contributed by atoms with E-state index in [0.29, 0.717) is 30.4 Å². The summed E-state index contributed by atoms with van der Waals surface area (Å²) in [5.41, 5.74) is 2.52. The topological polar surface area (TPSA) is 71.6 Å². The normalized spacial score (nSPS) is 20.6. The highest BCUT2D eigenvalue weighted by molar-refractivity contribution is 5.96. The third-order valence-electron chi connectivity index (χ3n) is 6.61. The maximum atomic E-state index is 13.2. The van der Waals surface area contributed by atoms with Gasteiger partial charge in [0.05, 0.1) is 5.56 Å². The SMILES string of the molecule is Cc1cc(-n2c(C)cc(C(=O)N3CCC(C(=O)N4CCCC(C)C4)CC3)c2C)no1. The van der Waals surface area contributed by atoms with Crippen molar-refractivity contribution in [2.45, 2.75) is 53.4 Å². The number of carbonyl (C=O) groups excluding carboxylic acids is 2. The largest absolute Gasteiger partial charge is 0.360 e. The van der Waals surface area contributed by atoms with E-state index in [1.807, 2.05) is 47.3 Å². The van der Waals surface area contributed by atoms with Gasteiger partial charge in [0.15, 0.2) is 5.82 Å². The Balaban J connectivity index is 1.42. The molecule has 30 heavy (non-hydrogen) atoms. The summed E-state index contributed by atoms with van der Waals surface area (Å²) in [5.74, 6) is 2.39. The van der Waals surface area contributed by atoms with Crippen LogP contribution < -0.4 is 0 Å². The number of likely N-dealkylation sites (tertiary alicyclic amines) is 2. The summed E-state index contributed by atoms with van der Waals surface area (Å²) in [5, 5.41) is 4.09. The van der Waals surface area contributed by atoms with E-state index in [4.69, 9.17) is 4.52 Å². The summed E-state index contributed by atoms with van der Waals surface area (Å²) in [6, 6.07) is 3.79. The number of carbonyl (C=O) groups is 2. The first-order chi connectivity index (χ1) is 14.3. The van der Waals surface area contributed by atoms with Gasteiger partial charge in [-0.25, -0.2) is 0 Å². The van der Waals surface area contributed by atoms with Crippen LogP contribution in [0.5, 0.6) is 0 Å². The van der Waals surface area contributed by atoms with Crippen LogP contribution in [-0.4, -0.2) is 57.5 Å². The van der Waals surface area contributed by atoms with Gasteiger partial charge in [0.2, 0.25) is 5.91 Å². The van der Waals surface area contributed by atoms with E-state index in [1.54, 1.807) is 0 Å². The number of hydrogen-bond donors (Lipinski definition) is 0. The molecule has 0 aliphatic carbocycles. The van der Waals surface area contributed by atoms with Crippen molar-refractivity contribution in [1.29, 1.82) is 0 Å². The van der Waals surface area contributed by atoms with Crippen LogP contribution in [-0.2, 0) is 4.79 Å². The Hall–Kier alpha value is -2.57. The van der Waals surface area contributed by atoms with Gasteiger partial charge in [-0.05, 0) is 58.4 Å². The number of rotatable bonds is 3. The van der Waals surface area contributed by atoms with Gasteiger partial charge in [-0.3, -0.25) is 14.2 Å². The summed E-state index contributed by atoms with van der Waals surface area (Å²) in [6.45, 7) is 11.0. The van der Waals surface area contributed by atoms with Crippen molar-refractivity contribution in [3.63, 3.8) is 0 Å². The summed E-state index contributed by atoms with van der Waals surface area (Å²) in [6.07, 6.45) is 3.81. The molecule has 0 saturated carbocycles. The predicted molar refractivity (Wildman–Crippen MR) is 114 cm³/mol. The minimum absolute atomic E-state index is 0.0343. The molecular weight excluding hydrogens is 380 g/mol. The second-order valence-corrected chi connectivity index (χ2v) is 9.01. The first-order valence-corrected chi connectivity index (χ1v) is 11.1. The standard InChI is InChI=1S/C23H32N4O3/c1-15-6-5-9-26(14-15)22(28)19-7-10-25(11-8-19)23(29)20-12-16(2)27(18(20)4)21-13-17(3)30-24-21/h12-13,15,19H,5-11,14H2,1-4H3. The van der Waals surface area contributed by atoms with Crippen molar-refractivity contribution < 1.29 is 14.1 Å². The molecule has 0 spiro atoms. The monoisotopic (exact) mass is 412 g/mol. The molecular formula is C23H32N4O3. The maximum absolute atomic E-state index is 13.2. The number of aromatic nitrogens is 2. The van der Waals surface area contributed by atoms with E-state index in [-0.39, 0.29) is 17.7 Å². The second kappa shape index (κ2) is 8.28. The smallest absolute Gasteiger partial charge is 0.255 e. The van der Waals surface area contributed by atoms with Gasteiger partial charge >= 0.3 is 0 Å². The fraction of sp³-hybridized carbons (Fsp3) is 0.609. The third-order valence-corrected chi connectivity index (χ3v) is 6.61. The Morgan fingerprint density at radius 2 is 1.77 bits per heavy atom. The summed E-state index contributed by atoms with van der Waals surface area (Å²) >= 11 is 0. The van der Waals surface area contributed by atoms with Crippen LogP contribution in [0.3, 0.4) is 0 Å². The zero-order valence-electron chi connectivity index (χ0n) is 18.5. The average Bonchev–Trinajstić information content (AvgIpc) is 3.29. The number of nitrogens with zero attached hydrogens (tertiary/aromatic N) is 4. The van der Waals surface area contributed by atoms with Gasteiger partial charge in [0.1, 0.15) is 5.76 Å². The molecule has 162 valence electrons. The lowest BCUT2D eigenvalue weighted by Gasteiger charge is -2.37. The van der Waals surface area contributed by atoms with Crippen molar-refractivity contribution in [3.05, 3.63) is 34.8 Å². The van der Waals surface area contributed by atoms with Gasteiger partial charge in [0, 0.05) is 49.6 Å². The highest BCUT2D eigenvalue weighted by Gasteiger charge is 2.33. The highest BCUT2D eigenvalue weighted by atomic mass is 16.5. The summed E-state index contributed by atoms with van der Waals surface area (Å²) in [7, 11) is 0. The lowest BCUT2D eigenvalue weighted by atomic mass is 9.92. The van der Waals surface area contributed by atoms with Crippen molar-refractivity contribution in [1.82, 2.24) is 19.5 Å². The van der Waals surface area contributed by atoms with Gasteiger partial charge in [-0.2, -0.15) is 0 Å². The summed E-state index contributed by atoms with van der Waals surface area (Å²) < 4.78 is 7.16. The molecule has 0 radical (unpaired) electrons. The van der Waals surface area contributed by atoms with Crippen LogP contribution in [0.4, 0.5) is 0 Å². The molecule has 1 atom stereocenters. The maximum Gasteiger partial charge on any atom is 0.255 e. The minimum atomic E-state index is 0.0343. The first kappa shape index (κ1) is 20.7. The van der Waals surface area contributed by atoms with Gasteiger partial charge < -0.3 is 14.3 Å². The van der Waals surface area contributed by atoms with E-state index in [9.17, 15) is 9.59 Å². The van der Waals surface area contributed by atoms with Crippen molar-refractivity contribution in [2.75, 3.05) is 26.2 Å². The average molecular weight is 413 g/mol. The molecule has 7 heteroatoms. The van der Waals surface area contributed by atoms with Crippen LogP contribution in [0, 0.1) is 32.6 Å². The Labute approximate surface area is 178 Å².